The van der Waals surface area contributed by atoms with E-state index in [1.807, 2.05) is 48.7 Å². The molecule has 3 rings (SSSR count). The molecule has 0 aromatic carbocycles. The van der Waals surface area contributed by atoms with Crippen molar-refractivity contribution in [1.82, 2.24) is 34.3 Å². The standard InChI is InChI=1S/C12H15N7S/c1-8-4-13-18(5-8)7-11-14-15-12(20)19(11)10-6-17(3)16-9(10)2/h4-6H,7H2,1-3H3,(H,15,20). The van der Waals surface area contributed by atoms with Crippen LogP contribution in [0.3, 0.4) is 0 Å². The van der Waals surface area contributed by atoms with Crippen molar-refractivity contribution in [3.63, 3.8) is 0 Å². The van der Waals surface area contributed by atoms with Crippen LogP contribution in [0.15, 0.2) is 18.6 Å². The van der Waals surface area contributed by atoms with Crippen LogP contribution in [0.4, 0.5) is 0 Å². The summed E-state index contributed by atoms with van der Waals surface area (Å²) in [6.45, 7) is 4.51. The average Bonchev–Trinajstić information content (AvgIpc) is 3.02. The third-order valence-corrected chi connectivity index (χ3v) is 3.31. The fourth-order valence-electron chi connectivity index (χ4n) is 2.19. The largest absolute Gasteiger partial charge is 0.273 e. The summed E-state index contributed by atoms with van der Waals surface area (Å²) >= 11 is 5.32. The maximum Gasteiger partial charge on any atom is 0.200 e. The molecule has 3 aromatic heterocycles. The molecule has 0 aliphatic rings. The van der Waals surface area contributed by atoms with Gasteiger partial charge in [-0.15, -0.1) is 0 Å². The highest BCUT2D eigenvalue weighted by atomic mass is 32.1. The van der Waals surface area contributed by atoms with E-state index in [1.165, 1.54) is 0 Å². The molecular formula is C12H15N7S. The molecule has 8 heteroatoms. The van der Waals surface area contributed by atoms with Gasteiger partial charge in [0.2, 0.25) is 0 Å². The number of H-pyrrole nitrogens is 1. The number of hydrogen-bond donors (Lipinski definition) is 1. The van der Waals surface area contributed by atoms with Gasteiger partial charge in [0.05, 0.1) is 17.6 Å². The first-order valence-electron chi connectivity index (χ1n) is 6.20. The van der Waals surface area contributed by atoms with Gasteiger partial charge in [0.15, 0.2) is 10.6 Å². The second-order valence-electron chi connectivity index (χ2n) is 4.77. The van der Waals surface area contributed by atoms with Gasteiger partial charge in [-0.05, 0) is 31.6 Å². The molecule has 3 heterocycles. The van der Waals surface area contributed by atoms with E-state index in [9.17, 15) is 0 Å². The highest BCUT2D eigenvalue weighted by Crippen LogP contribution is 2.15. The predicted octanol–water partition coefficient (Wildman–Crippen LogP) is 1.53. The lowest BCUT2D eigenvalue weighted by Gasteiger charge is -2.05. The van der Waals surface area contributed by atoms with E-state index in [0.29, 0.717) is 11.3 Å². The Morgan fingerprint density at radius 1 is 1.30 bits per heavy atom. The lowest BCUT2D eigenvalue weighted by Crippen LogP contribution is -2.08. The van der Waals surface area contributed by atoms with Crippen molar-refractivity contribution in [2.24, 2.45) is 7.05 Å². The Hall–Kier alpha value is -2.22. The SMILES string of the molecule is Cc1cnn(Cc2n[nH]c(=S)n2-c2cn(C)nc2C)c1. The Morgan fingerprint density at radius 2 is 2.10 bits per heavy atom. The summed E-state index contributed by atoms with van der Waals surface area (Å²) < 4.78 is 6.05. The molecule has 0 aliphatic heterocycles. The molecule has 0 saturated carbocycles. The smallest absolute Gasteiger partial charge is 0.200 e. The number of nitrogens with one attached hydrogen (secondary N) is 1. The van der Waals surface area contributed by atoms with Crippen molar-refractivity contribution in [2.45, 2.75) is 20.4 Å². The fraction of sp³-hybridized carbons (Fsp3) is 0.333. The minimum atomic E-state index is 0.551. The zero-order chi connectivity index (χ0) is 14.3. The Kier molecular flexibility index (Phi) is 3.01. The Bertz CT molecular complexity index is 804. The number of hydrogen-bond acceptors (Lipinski definition) is 4. The first-order chi connectivity index (χ1) is 9.54. The second kappa shape index (κ2) is 4.71. The van der Waals surface area contributed by atoms with E-state index < -0.39 is 0 Å². The van der Waals surface area contributed by atoms with E-state index in [2.05, 4.69) is 20.4 Å². The van der Waals surface area contributed by atoms with Crippen molar-refractivity contribution in [2.75, 3.05) is 0 Å². The molecule has 1 N–H and O–H groups in total. The molecule has 104 valence electrons. The van der Waals surface area contributed by atoms with Crippen LogP contribution in [0.25, 0.3) is 5.69 Å². The van der Waals surface area contributed by atoms with Crippen molar-refractivity contribution in [3.8, 4) is 5.69 Å². The first kappa shape index (κ1) is 12.8. The van der Waals surface area contributed by atoms with Crippen LogP contribution in [-0.2, 0) is 13.6 Å². The number of rotatable bonds is 3. The fourth-order valence-corrected chi connectivity index (χ4v) is 2.44. The normalized spacial score (nSPS) is 11.2. The summed E-state index contributed by atoms with van der Waals surface area (Å²) in [5, 5.41) is 15.8. The molecule has 20 heavy (non-hydrogen) atoms. The summed E-state index contributed by atoms with van der Waals surface area (Å²) in [6.07, 6.45) is 5.72. The zero-order valence-corrected chi connectivity index (χ0v) is 12.3. The summed E-state index contributed by atoms with van der Waals surface area (Å²) in [6, 6.07) is 0. The highest BCUT2D eigenvalue weighted by Gasteiger charge is 2.13. The molecule has 0 atom stereocenters. The molecule has 0 fully saturated rings. The molecule has 0 bridgehead atoms. The van der Waals surface area contributed by atoms with Gasteiger partial charge in [0, 0.05) is 19.4 Å². The third kappa shape index (κ3) is 2.18. The number of aromatic amines is 1. The van der Waals surface area contributed by atoms with Crippen LogP contribution < -0.4 is 0 Å². The molecule has 3 aromatic rings. The average molecular weight is 289 g/mol. The van der Waals surface area contributed by atoms with Crippen LogP contribution in [0.5, 0.6) is 0 Å². The topological polar surface area (TPSA) is 69.2 Å². The number of aryl methyl sites for hydroxylation is 3. The lowest BCUT2D eigenvalue weighted by molar-refractivity contribution is 0.643. The Labute approximate surface area is 120 Å². The van der Waals surface area contributed by atoms with E-state index in [1.54, 1.807) is 4.68 Å². The number of nitrogens with zero attached hydrogens (tertiary/aromatic N) is 6. The molecule has 7 nitrogen and oxygen atoms in total. The zero-order valence-electron chi connectivity index (χ0n) is 11.5. The lowest BCUT2D eigenvalue weighted by atomic mass is 10.4. The molecule has 0 spiro atoms. The van der Waals surface area contributed by atoms with Crippen molar-refractivity contribution in [3.05, 3.63) is 40.4 Å². The number of aromatic nitrogens is 7. The van der Waals surface area contributed by atoms with Gasteiger partial charge in [-0.2, -0.15) is 15.3 Å². The second-order valence-corrected chi connectivity index (χ2v) is 5.16. The Morgan fingerprint density at radius 3 is 2.70 bits per heavy atom. The van der Waals surface area contributed by atoms with Crippen LogP contribution in [-0.4, -0.2) is 34.3 Å². The van der Waals surface area contributed by atoms with Crippen LogP contribution >= 0.6 is 12.2 Å². The first-order valence-corrected chi connectivity index (χ1v) is 6.61. The van der Waals surface area contributed by atoms with E-state index in [0.717, 1.165) is 22.8 Å². The minimum Gasteiger partial charge on any atom is -0.273 e. The molecule has 0 unspecified atom stereocenters. The van der Waals surface area contributed by atoms with Crippen molar-refractivity contribution in [1.29, 1.82) is 0 Å². The maximum absolute atomic E-state index is 5.32. The summed E-state index contributed by atoms with van der Waals surface area (Å²) in [4.78, 5) is 0. The van der Waals surface area contributed by atoms with Gasteiger partial charge in [-0.1, -0.05) is 0 Å². The van der Waals surface area contributed by atoms with Gasteiger partial charge in [-0.3, -0.25) is 19.0 Å². The quantitative estimate of drug-likeness (QED) is 0.742. The third-order valence-electron chi connectivity index (χ3n) is 3.04. The molecule has 0 amide bonds. The van der Waals surface area contributed by atoms with Crippen LogP contribution in [0.2, 0.25) is 0 Å². The van der Waals surface area contributed by atoms with E-state index in [4.69, 9.17) is 12.2 Å². The summed E-state index contributed by atoms with van der Waals surface area (Å²) in [5.41, 5.74) is 2.95. The minimum absolute atomic E-state index is 0.551. The van der Waals surface area contributed by atoms with E-state index in [-0.39, 0.29) is 0 Å². The van der Waals surface area contributed by atoms with E-state index >= 15 is 0 Å². The predicted molar refractivity (Wildman–Crippen MR) is 76.3 cm³/mol. The van der Waals surface area contributed by atoms with Crippen molar-refractivity contribution < 1.29 is 0 Å². The van der Waals surface area contributed by atoms with Crippen LogP contribution in [0.1, 0.15) is 17.1 Å². The highest BCUT2D eigenvalue weighted by molar-refractivity contribution is 7.71. The molecule has 0 aliphatic carbocycles. The van der Waals surface area contributed by atoms with Gasteiger partial charge in [-0.25, -0.2) is 0 Å². The van der Waals surface area contributed by atoms with Gasteiger partial charge < -0.3 is 0 Å². The van der Waals surface area contributed by atoms with Gasteiger partial charge >= 0.3 is 0 Å². The van der Waals surface area contributed by atoms with Gasteiger partial charge in [0.25, 0.3) is 0 Å². The Balaban J connectivity index is 2.06. The monoisotopic (exact) mass is 289 g/mol. The summed E-state index contributed by atoms with van der Waals surface area (Å²) in [7, 11) is 1.89. The van der Waals surface area contributed by atoms with Gasteiger partial charge in [0.1, 0.15) is 6.54 Å². The molecule has 0 radical (unpaired) electrons. The maximum atomic E-state index is 5.32. The summed E-state index contributed by atoms with van der Waals surface area (Å²) in [5.74, 6) is 0.800. The van der Waals surface area contributed by atoms with Crippen molar-refractivity contribution >= 4 is 12.2 Å². The molecule has 0 saturated heterocycles. The molecular weight excluding hydrogens is 274 g/mol. The van der Waals surface area contributed by atoms with Crippen LogP contribution in [0, 0.1) is 18.6 Å².